The van der Waals surface area contributed by atoms with E-state index in [4.69, 9.17) is 0 Å². The smallest absolute Gasteiger partial charge is 0.319 e. The molecule has 0 bridgehead atoms. The van der Waals surface area contributed by atoms with Crippen molar-refractivity contribution in [3.05, 3.63) is 29.8 Å². The molecule has 1 aromatic rings. The molecule has 0 heterocycles. The predicted molar refractivity (Wildman–Crippen MR) is 84.1 cm³/mol. The third-order valence-corrected chi connectivity index (χ3v) is 3.97. The summed E-state index contributed by atoms with van der Waals surface area (Å²) in [6, 6.07) is 8.47. The third-order valence-electron chi connectivity index (χ3n) is 3.97. The summed E-state index contributed by atoms with van der Waals surface area (Å²) in [4.78, 5) is 11.9. The number of carbonyl (C=O) groups excluding carboxylic acids is 1. The Morgan fingerprint density at radius 2 is 1.85 bits per heavy atom. The number of hydrogen-bond donors (Lipinski definition) is 2. The maximum absolute atomic E-state index is 11.9. The van der Waals surface area contributed by atoms with Crippen LogP contribution in [0.4, 0.5) is 10.5 Å². The molecule has 0 aromatic heterocycles. The van der Waals surface area contributed by atoms with E-state index in [1.54, 1.807) is 0 Å². The number of benzene rings is 1. The van der Waals surface area contributed by atoms with E-state index in [0.29, 0.717) is 6.04 Å². The fourth-order valence-corrected chi connectivity index (χ4v) is 2.74. The second kappa shape index (κ2) is 7.93. The maximum Gasteiger partial charge on any atom is 0.319 e. The normalized spacial score (nSPS) is 15.8. The summed E-state index contributed by atoms with van der Waals surface area (Å²) in [7, 11) is 0. The number of unbranched alkanes of at least 4 members (excludes halogenated alkanes) is 1. The first-order valence-electron chi connectivity index (χ1n) is 7.94. The fraction of sp³-hybridized carbons (Fsp3) is 0.588. The standard InChI is InChI=1S/C17H26N2O/c1-2-3-7-14-10-12-16(13-11-14)19-17(20)18-15-8-5-4-6-9-15/h10-13,15H,2-9H2,1H3,(H2,18,19,20). The highest BCUT2D eigenvalue weighted by atomic mass is 16.2. The van der Waals surface area contributed by atoms with E-state index in [-0.39, 0.29) is 6.03 Å². The van der Waals surface area contributed by atoms with Gasteiger partial charge in [-0.2, -0.15) is 0 Å². The van der Waals surface area contributed by atoms with Gasteiger partial charge in [0, 0.05) is 11.7 Å². The number of anilines is 1. The number of carbonyl (C=O) groups is 1. The van der Waals surface area contributed by atoms with E-state index in [9.17, 15) is 4.79 Å². The van der Waals surface area contributed by atoms with Gasteiger partial charge in [0.05, 0.1) is 0 Å². The van der Waals surface area contributed by atoms with Gasteiger partial charge in [-0.15, -0.1) is 0 Å². The van der Waals surface area contributed by atoms with Crippen LogP contribution in [0.1, 0.15) is 57.4 Å². The van der Waals surface area contributed by atoms with Gasteiger partial charge in [0.25, 0.3) is 0 Å². The molecule has 0 unspecified atom stereocenters. The zero-order valence-corrected chi connectivity index (χ0v) is 12.5. The summed E-state index contributed by atoms with van der Waals surface area (Å²) in [5.74, 6) is 0. The maximum atomic E-state index is 11.9. The molecule has 1 fully saturated rings. The first kappa shape index (κ1) is 14.9. The first-order chi connectivity index (χ1) is 9.78. The topological polar surface area (TPSA) is 41.1 Å². The van der Waals surface area contributed by atoms with E-state index in [2.05, 4.69) is 29.7 Å². The molecule has 2 amide bonds. The number of aryl methyl sites for hydroxylation is 1. The van der Waals surface area contributed by atoms with Crippen molar-refractivity contribution in [2.24, 2.45) is 0 Å². The third kappa shape index (κ3) is 4.87. The van der Waals surface area contributed by atoms with E-state index in [0.717, 1.165) is 24.9 Å². The summed E-state index contributed by atoms with van der Waals surface area (Å²) in [5, 5.41) is 5.99. The number of urea groups is 1. The van der Waals surface area contributed by atoms with Gasteiger partial charge in [-0.3, -0.25) is 0 Å². The van der Waals surface area contributed by atoms with Crippen molar-refractivity contribution in [3.8, 4) is 0 Å². The summed E-state index contributed by atoms with van der Waals surface area (Å²) in [6.07, 6.45) is 9.55. The van der Waals surface area contributed by atoms with E-state index in [1.165, 1.54) is 37.7 Å². The van der Waals surface area contributed by atoms with Gasteiger partial charge < -0.3 is 10.6 Å². The van der Waals surface area contributed by atoms with Crippen LogP contribution in [0.5, 0.6) is 0 Å². The molecular formula is C17H26N2O. The molecule has 0 radical (unpaired) electrons. The van der Waals surface area contributed by atoms with Gasteiger partial charge >= 0.3 is 6.03 Å². The molecule has 1 saturated carbocycles. The SMILES string of the molecule is CCCCc1ccc(NC(=O)NC2CCCCC2)cc1. The van der Waals surface area contributed by atoms with Crippen LogP contribution in [0.2, 0.25) is 0 Å². The number of nitrogens with one attached hydrogen (secondary N) is 2. The van der Waals surface area contributed by atoms with Crippen molar-refractivity contribution in [3.63, 3.8) is 0 Å². The number of rotatable bonds is 5. The first-order valence-corrected chi connectivity index (χ1v) is 7.94. The van der Waals surface area contributed by atoms with Crippen LogP contribution in [-0.4, -0.2) is 12.1 Å². The van der Waals surface area contributed by atoms with Crippen LogP contribution in [0.25, 0.3) is 0 Å². The molecule has 20 heavy (non-hydrogen) atoms. The second-order valence-electron chi connectivity index (χ2n) is 5.73. The molecule has 2 rings (SSSR count). The largest absolute Gasteiger partial charge is 0.335 e. The van der Waals surface area contributed by atoms with Crippen LogP contribution >= 0.6 is 0 Å². The minimum Gasteiger partial charge on any atom is -0.335 e. The molecule has 0 atom stereocenters. The summed E-state index contributed by atoms with van der Waals surface area (Å²) in [5.41, 5.74) is 2.21. The zero-order chi connectivity index (χ0) is 14.2. The van der Waals surface area contributed by atoms with E-state index < -0.39 is 0 Å². The molecule has 0 saturated heterocycles. The fourth-order valence-electron chi connectivity index (χ4n) is 2.74. The lowest BCUT2D eigenvalue weighted by Crippen LogP contribution is -2.38. The van der Waals surface area contributed by atoms with Crippen molar-refractivity contribution >= 4 is 11.7 Å². The molecule has 2 N–H and O–H groups in total. The zero-order valence-electron chi connectivity index (χ0n) is 12.5. The Kier molecular flexibility index (Phi) is 5.90. The summed E-state index contributed by atoms with van der Waals surface area (Å²) < 4.78 is 0. The van der Waals surface area contributed by atoms with E-state index >= 15 is 0 Å². The minimum absolute atomic E-state index is 0.0711. The molecule has 1 aliphatic rings. The lowest BCUT2D eigenvalue weighted by Gasteiger charge is -2.22. The molecule has 1 aromatic carbocycles. The van der Waals surface area contributed by atoms with Crippen molar-refractivity contribution in [2.75, 3.05) is 5.32 Å². The Bertz CT molecular complexity index is 408. The Morgan fingerprint density at radius 1 is 1.15 bits per heavy atom. The highest BCUT2D eigenvalue weighted by Gasteiger charge is 2.15. The highest BCUT2D eigenvalue weighted by molar-refractivity contribution is 5.89. The average Bonchev–Trinajstić information content (AvgIpc) is 2.47. The number of amides is 2. The van der Waals surface area contributed by atoms with Gasteiger partial charge in [0.15, 0.2) is 0 Å². The van der Waals surface area contributed by atoms with Crippen LogP contribution in [0, 0.1) is 0 Å². The Hall–Kier alpha value is -1.51. The van der Waals surface area contributed by atoms with Gasteiger partial charge in [-0.1, -0.05) is 44.7 Å². The molecule has 1 aliphatic carbocycles. The van der Waals surface area contributed by atoms with Crippen LogP contribution < -0.4 is 10.6 Å². The van der Waals surface area contributed by atoms with Crippen molar-refractivity contribution in [1.82, 2.24) is 5.32 Å². The lowest BCUT2D eigenvalue weighted by atomic mass is 9.96. The number of hydrogen-bond acceptors (Lipinski definition) is 1. The quantitative estimate of drug-likeness (QED) is 0.816. The molecule has 0 aliphatic heterocycles. The average molecular weight is 274 g/mol. The monoisotopic (exact) mass is 274 g/mol. The molecule has 0 spiro atoms. The van der Waals surface area contributed by atoms with Crippen molar-refractivity contribution in [1.29, 1.82) is 0 Å². The summed E-state index contributed by atoms with van der Waals surface area (Å²) in [6.45, 7) is 2.20. The Labute approximate surface area is 122 Å². The van der Waals surface area contributed by atoms with Gasteiger partial charge in [0.2, 0.25) is 0 Å². The van der Waals surface area contributed by atoms with Crippen LogP contribution in [-0.2, 0) is 6.42 Å². The predicted octanol–water partition coefficient (Wildman–Crippen LogP) is 4.48. The van der Waals surface area contributed by atoms with Gasteiger partial charge in [-0.25, -0.2) is 4.79 Å². The Balaban J connectivity index is 1.78. The van der Waals surface area contributed by atoms with E-state index in [1.807, 2.05) is 12.1 Å². The Morgan fingerprint density at radius 3 is 2.50 bits per heavy atom. The second-order valence-corrected chi connectivity index (χ2v) is 5.73. The molecular weight excluding hydrogens is 248 g/mol. The van der Waals surface area contributed by atoms with Crippen molar-refractivity contribution in [2.45, 2.75) is 64.3 Å². The van der Waals surface area contributed by atoms with Crippen LogP contribution in [0.3, 0.4) is 0 Å². The molecule has 3 nitrogen and oxygen atoms in total. The lowest BCUT2D eigenvalue weighted by molar-refractivity contribution is 0.244. The minimum atomic E-state index is -0.0711. The van der Waals surface area contributed by atoms with Crippen LogP contribution in [0.15, 0.2) is 24.3 Å². The van der Waals surface area contributed by atoms with Gasteiger partial charge in [-0.05, 0) is 43.4 Å². The summed E-state index contributed by atoms with van der Waals surface area (Å²) >= 11 is 0. The highest BCUT2D eigenvalue weighted by Crippen LogP contribution is 2.17. The van der Waals surface area contributed by atoms with Crippen molar-refractivity contribution < 1.29 is 4.79 Å². The molecule has 110 valence electrons. The molecule has 3 heteroatoms. The van der Waals surface area contributed by atoms with Gasteiger partial charge in [0.1, 0.15) is 0 Å².